The highest BCUT2D eigenvalue weighted by atomic mass is 32.2. The summed E-state index contributed by atoms with van der Waals surface area (Å²) in [5, 5.41) is 8.49. The Labute approximate surface area is 108 Å². The van der Waals surface area contributed by atoms with Gasteiger partial charge in [-0.1, -0.05) is 0 Å². The Hall–Kier alpha value is -0.660. The molecule has 0 aromatic heterocycles. The fourth-order valence-corrected chi connectivity index (χ4v) is 2.50. The third-order valence-electron chi connectivity index (χ3n) is 2.98. The van der Waals surface area contributed by atoms with Crippen LogP contribution in [0.25, 0.3) is 0 Å². The molecule has 1 saturated heterocycles. The monoisotopic (exact) mass is 279 g/mol. The molecule has 0 spiro atoms. The molecule has 1 heterocycles. The normalized spacial score (nSPS) is 18.9. The molecule has 1 N–H and O–H groups in total. The van der Waals surface area contributed by atoms with E-state index in [4.69, 9.17) is 9.84 Å². The number of aliphatic carboxylic acids is 1. The molecule has 0 unspecified atom stereocenters. The van der Waals surface area contributed by atoms with Crippen LogP contribution in [0.15, 0.2) is 0 Å². The highest BCUT2D eigenvalue weighted by molar-refractivity contribution is 7.90. The topological polar surface area (TPSA) is 83.9 Å². The zero-order valence-electron chi connectivity index (χ0n) is 10.7. The van der Waals surface area contributed by atoms with Crippen LogP contribution in [0.5, 0.6) is 0 Å². The van der Waals surface area contributed by atoms with E-state index in [9.17, 15) is 13.2 Å². The minimum absolute atomic E-state index is 0.0360. The first-order valence-electron chi connectivity index (χ1n) is 6.10. The number of rotatable bonds is 7. The van der Waals surface area contributed by atoms with Crippen LogP contribution in [0.1, 0.15) is 19.3 Å². The summed E-state index contributed by atoms with van der Waals surface area (Å²) in [5.74, 6) is -0.655. The number of piperidine rings is 1. The lowest BCUT2D eigenvalue weighted by atomic mass is 10.1. The molecule has 1 fully saturated rings. The lowest BCUT2D eigenvalue weighted by Gasteiger charge is -2.31. The second-order valence-electron chi connectivity index (χ2n) is 4.69. The molecule has 0 aliphatic carbocycles. The first kappa shape index (κ1) is 15.4. The van der Waals surface area contributed by atoms with Crippen molar-refractivity contribution in [2.45, 2.75) is 25.4 Å². The van der Waals surface area contributed by atoms with Crippen molar-refractivity contribution < 1.29 is 23.1 Å². The van der Waals surface area contributed by atoms with Crippen LogP contribution in [0.2, 0.25) is 0 Å². The largest absolute Gasteiger partial charge is 0.481 e. The van der Waals surface area contributed by atoms with Gasteiger partial charge in [0.15, 0.2) is 0 Å². The fourth-order valence-electron chi connectivity index (χ4n) is 1.91. The molecule has 1 aliphatic heterocycles. The minimum Gasteiger partial charge on any atom is -0.481 e. The fraction of sp³-hybridized carbons (Fsp3) is 0.909. The van der Waals surface area contributed by atoms with Gasteiger partial charge < -0.3 is 14.7 Å². The van der Waals surface area contributed by atoms with Gasteiger partial charge in [0.25, 0.3) is 0 Å². The Kier molecular flexibility index (Phi) is 6.04. The summed E-state index contributed by atoms with van der Waals surface area (Å²) < 4.78 is 27.5. The van der Waals surface area contributed by atoms with Crippen molar-refractivity contribution in [2.75, 3.05) is 38.2 Å². The molecule has 7 heteroatoms. The van der Waals surface area contributed by atoms with Gasteiger partial charge in [-0.05, 0) is 12.8 Å². The van der Waals surface area contributed by atoms with Gasteiger partial charge in [0, 0.05) is 25.9 Å². The van der Waals surface area contributed by atoms with Crippen LogP contribution in [0.4, 0.5) is 0 Å². The molecule has 0 bridgehead atoms. The highest BCUT2D eigenvalue weighted by Crippen LogP contribution is 2.13. The van der Waals surface area contributed by atoms with Crippen LogP contribution in [-0.2, 0) is 19.4 Å². The van der Waals surface area contributed by atoms with Crippen molar-refractivity contribution in [3.63, 3.8) is 0 Å². The molecular weight excluding hydrogens is 258 g/mol. The first-order chi connectivity index (χ1) is 8.37. The summed E-state index contributed by atoms with van der Waals surface area (Å²) >= 11 is 0. The third-order valence-corrected chi connectivity index (χ3v) is 3.91. The molecular formula is C11H21NO5S. The van der Waals surface area contributed by atoms with E-state index < -0.39 is 15.8 Å². The van der Waals surface area contributed by atoms with Crippen molar-refractivity contribution in [2.24, 2.45) is 0 Å². The van der Waals surface area contributed by atoms with Crippen molar-refractivity contribution in [1.29, 1.82) is 0 Å². The number of sulfone groups is 1. The Bertz CT molecular complexity index is 360. The first-order valence-corrected chi connectivity index (χ1v) is 8.16. The smallest absolute Gasteiger partial charge is 0.305 e. The second-order valence-corrected chi connectivity index (χ2v) is 6.95. The lowest BCUT2D eigenvalue weighted by molar-refractivity contribution is -0.138. The quantitative estimate of drug-likeness (QED) is 0.705. The number of carbonyl (C=O) groups is 1. The average Bonchev–Trinajstić information content (AvgIpc) is 2.26. The van der Waals surface area contributed by atoms with E-state index in [1.807, 2.05) is 0 Å². The Balaban J connectivity index is 2.14. The molecule has 0 amide bonds. The third kappa shape index (κ3) is 6.93. The van der Waals surface area contributed by atoms with Crippen molar-refractivity contribution in [1.82, 2.24) is 4.90 Å². The van der Waals surface area contributed by atoms with Gasteiger partial charge in [-0.3, -0.25) is 4.79 Å². The van der Waals surface area contributed by atoms with Crippen molar-refractivity contribution >= 4 is 15.8 Å². The number of nitrogens with zero attached hydrogens (tertiary/aromatic N) is 1. The molecule has 0 aromatic carbocycles. The van der Waals surface area contributed by atoms with E-state index in [2.05, 4.69) is 4.90 Å². The number of hydrogen-bond acceptors (Lipinski definition) is 5. The predicted molar refractivity (Wildman–Crippen MR) is 67.4 cm³/mol. The SMILES string of the molecule is CS(=O)(=O)CCN1CCC(OCCC(=O)O)CC1. The number of ether oxygens (including phenoxy) is 1. The summed E-state index contributed by atoms with van der Waals surface area (Å²) in [7, 11) is -2.90. The van der Waals surface area contributed by atoms with Gasteiger partial charge >= 0.3 is 5.97 Å². The van der Waals surface area contributed by atoms with Gasteiger partial charge in [0.2, 0.25) is 0 Å². The van der Waals surface area contributed by atoms with Gasteiger partial charge in [-0.15, -0.1) is 0 Å². The zero-order valence-corrected chi connectivity index (χ0v) is 11.5. The molecule has 6 nitrogen and oxygen atoms in total. The molecule has 0 aromatic rings. The maximum atomic E-state index is 11.0. The summed E-state index contributed by atoms with van der Waals surface area (Å²) in [6, 6.07) is 0. The molecule has 0 radical (unpaired) electrons. The van der Waals surface area contributed by atoms with Crippen molar-refractivity contribution in [3.05, 3.63) is 0 Å². The Morgan fingerprint density at radius 1 is 1.39 bits per heavy atom. The standard InChI is InChI=1S/C11H21NO5S/c1-18(15,16)9-7-12-5-2-10(3-6-12)17-8-4-11(13)14/h10H,2-9H2,1H3,(H,13,14). The van der Waals surface area contributed by atoms with Gasteiger partial charge in [0.1, 0.15) is 9.84 Å². The molecule has 1 aliphatic rings. The maximum Gasteiger partial charge on any atom is 0.305 e. The van der Waals surface area contributed by atoms with Crippen LogP contribution in [-0.4, -0.2) is 68.7 Å². The van der Waals surface area contributed by atoms with E-state index in [0.717, 1.165) is 25.9 Å². The number of carboxylic acid groups (broad SMARTS) is 1. The number of carboxylic acids is 1. The van der Waals surface area contributed by atoms with Crippen LogP contribution < -0.4 is 0 Å². The summed E-state index contributed by atoms with van der Waals surface area (Å²) in [6.07, 6.45) is 3.06. The summed E-state index contributed by atoms with van der Waals surface area (Å²) in [5.41, 5.74) is 0. The average molecular weight is 279 g/mol. The van der Waals surface area contributed by atoms with Crippen LogP contribution >= 0.6 is 0 Å². The van der Waals surface area contributed by atoms with Crippen LogP contribution in [0, 0.1) is 0 Å². The molecule has 18 heavy (non-hydrogen) atoms. The van der Waals surface area contributed by atoms with E-state index in [-0.39, 0.29) is 24.9 Å². The summed E-state index contributed by atoms with van der Waals surface area (Å²) in [6.45, 7) is 2.45. The van der Waals surface area contributed by atoms with E-state index in [0.29, 0.717) is 6.54 Å². The van der Waals surface area contributed by atoms with Gasteiger partial charge in [0.05, 0.1) is 24.9 Å². The molecule has 0 atom stereocenters. The van der Waals surface area contributed by atoms with Gasteiger partial charge in [-0.2, -0.15) is 0 Å². The zero-order chi connectivity index (χ0) is 13.6. The summed E-state index contributed by atoms with van der Waals surface area (Å²) in [4.78, 5) is 12.4. The second kappa shape index (κ2) is 7.06. The Morgan fingerprint density at radius 2 is 2.00 bits per heavy atom. The number of likely N-dealkylation sites (tertiary alicyclic amines) is 1. The van der Waals surface area contributed by atoms with E-state index in [1.54, 1.807) is 0 Å². The molecule has 1 rings (SSSR count). The number of hydrogen-bond donors (Lipinski definition) is 1. The van der Waals surface area contributed by atoms with Gasteiger partial charge in [-0.25, -0.2) is 8.42 Å². The lowest BCUT2D eigenvalue weighted by Crippen LogP contribution is -2.39. The molecule has 106 valence electrons. The predicted octanol–water partition coefficient (Wildman–Crippen LogP) is -0.0133. The van der Waals surface area contributed by atoms with Crippen LogP contribution in [0.3, 0.4) is 0 Å². The van der Waals surface area contributed by atoms with E-state index in [1.165, 1.54) is 6.26 Å². The highest BCUT2D eigenvalue weighted by Gasteiger charge is 2.20. The maximum absolute atomic E-state index is 11.0. The van der Waals surface area contributed by atoms with Crippen molar-refractivity contribution in [3.8, 4) is 0 Å². The Morgan fingerprint density at radius 3 is 2.50 bits per heavy atom. The van der Waals surface area contributed by atoms with E-state index >= 15 is 0 Å². The minimum atomic E-state index is -2.90. The molecule has 0 saturated carbocycles.